The molecular formula is C31H48N4O4. The maximum Gasteiger partial charge on any atom is 0.335 e. The summed E-state index contributed by atoms with van der Waals surface area (Å²) in [5.41, 5.74) is 5.88. The molecule has 2 heterocycles. The van der Waals surface area contributed by atoms with Crippen molar-refractivity contribution in [3.05, 3.63) is 34.4 Å². The fourth-order valence-corrected chi connectivity index (χ4v) is 10.2. The molecule has 1 aromatic rings. The number of hydrogen-bond donors (Lipinski definition) is 5. The number of aliphatic hydroxyl groups is 1. The van der Waals surface area contributed by atoms with Gasteiger partial charge in [0.2, 0.25) is 0 Å². The summed E-state index contributed by atoms with van der Waals surface area (Å²) in [6.45, 7) is 6.27. The van der Waals surface area contributed by atoms with Crippen LogP contribution < -0.4 is 27.3 Å². The minimum Gasteiger partial charge on any atom is -0.431 e. The molecule has 8 heteroatoms. The van der Waals surface area contributed by atoms with Crippen LogP contribution in [-0.4, -0.2) is 48.0 Å². The Bertz CT molecular complexity index is 1110. The van der Waals surface area contributed by atoms with Crippen molar-refractivity contribution in [2.45, 2.75) is 114 Å². The van der Waals surface area contributed by atoms with Crippen molar-refractivity contribution < 1.29 is 14.3 Å². The van der Waals surface area contributed by atoms with Gasteiger partial charge in [0.05, 0.1) is 11.9 Å². The second-order valence-corrected chi connectivity index (χ2v) is 14.0. The van der Waals surface area contributed by atoms with Gasteiger partial charge in [-0.1, -0.05) is 13.8 Å². The Balaban J connectivity index is 1.11. The maximum absolute atomic E-state index is 12.9. The summed E-state index contributed by atoms with van der Waals surface area (Å²) in [7, 11) is 0. The van der Waals surface area contributed by atoms with Gasteiger partial charge in [-0.2, -0.15) is 0 Å². The number of carbonyl (C=O) groups excluding carboxylic acids is 1. The van der Waals surface area contributed by atoms with E-state index in [1.54, 1.807) is 6.26 Å². The summed E-state index contributed by atoms with van der Waals surface area (Å²) in [6, 6.07) is 4.07. The zero-order chi connectivity index (χ0) is 27.4. The first kappa shape index (κ1) is 27.3. The van der Waals surface area contributed by atoms with Gasteiger partial charge in [0, 0.05) is 36.2 Å². The Morgan fingerprint density at radius 3 is 2.56 bits per heavy atom. The first-order valence-corrected chi connectivity index (χ1v) is 15.5. The molecular weight excluding hydrogens is 492 g/mol. The van der Waals surface area contributed by atoms with Gasteiger partial charge < -0.3 is 31.2 Å². The fraction of sp³-hybridized carbons (Fsp3) is 0.806. The van der Waals surface area contributed by atoms with E-state index in [1.165, 1.54) is 6.07 Å². The van der Waals surface area contributed by atoms with Crippen molar-refractivity contribution in [2.75, 3.05) is 13.1 Å². The second-order valence-electron chi connectivity index (χ2n) is 14.0. The molecule has 4 aliphatic carbocycles. The molecule has 6 rings (SSSR count). The van der Waals surface area contributed by atoms with E-state index in [1.807, 2.05) is 6.07 Å². The number of urea groups is 1. The van der Waals surface area contributed by atoms with Crippen LogP contribution in [-0.2, 0) is 0 Å². The molecule has 5 aliphatic rings. The standard InChI is InChI=1S/C31H48N4O4/c1-29-11-7-21(34-28(37)35-22-10-14-33-23(16-22)17-32)15-20(29)4-5-26-25(29)8-12-30(2)24(9-13-31(26,30)38)19-3-6-27(36)39-18-19/h3,6,18,20-26,33,38H,4-5,7-17,32H2,1-2H3,(H2,34,35,37)/t20-,21-,22-,23-,24-,25-,26-,29-,30-,31-/m1/s1. The van der Waals surface area contributed by atoms with E-state index in [9.17, 15) is 14.7 Å². The number of amides is 2. The van der Waals surface area contributed by atoms with Crippen molar-refractivity contribution in [1.29, 1.82) is 0 Å². The normalized spacial score (nSPS) is 45.5. The summed E-state index contributed by atoms with van der Waals surface area (Å²) in [6.07, 6.45) is 12.7. The molecule has 0 bridgehead atoms. The average molecular weight is 541 g/mol. The summed E-state index contributed by atoms with van der Waals surface area (Å²) in [5.74, 6) is 1.62. The van der Waals surface area contributed by atoms with Crippen LogP contribution in [0.1, 0.15) is 96.0 Å². The first-order valence-electron chi connectivity index (χ1n) is 15.5. The molecule has 4 saturated carbocycles. The molecule has 1 aromatic heterocycles. The number of nitrogens with one attached hydrogen (secondary N) is 3. The van der Waals surface area contributed by atoms with Crippen LogP contribution in [0.4, 0.5) is 4.79 Å². The van der Waals surface area contributed by atoms with Crippen LogP contribution in [0.3, 0.4) is 0 Å². The smallest absolute Gasteiger partial charge is 0.335 e. The predicted octanol–water partition coefficient (Wildman–Crippen LogP) is 3.63. The lowest BCUT2D eigenvalue weighted by atomic mass is 9.43. The molecule has 1 aliphatic heterocycles. The minimum atomic E-state index is -0.685. The quantitative estimate of drug-likeness (QED) is 0.397. The first-order chi connectivity index (χ1) is 18.7. The van der Waals surface area contributed by atoms with Crippen LogP contribution in [0.5, 0.6) is 0 Å². The summed E-state index contributed by atoms with van der Waals surface area (Å²) < 4.78 is 5.23. The van der Waals surface area contributed by atoms with E-state index in [-0.39, 0.29) is 46.5 Å². The van der Waals surface area contributed by atoms with Gasteiger partial charge in [-0.15, -0.1) is 0 Å². The molecule has 0 unspecified atom stereocenters. The van der Waals surface area contributed by atoms with E-state index in [2.05, 4.69) is 29.8 Å². The van der Waals surface area contributed by atoms with Crippen LogP contribution in [0.25, 0.3) is 0 Å². The fourth-order valence-electron chi connectivity index (χ4n) is 10.2. The molecule has 0 aromatic carbocycles. The van der Waals surface area contributed by atoms with Crippen LogP contribution >= 0.6 is 0 Å². The number of fused-ring (bicyclic) bond motifs is 5. The van der Waals surface area contributed by atoms with E-state index in [4.69, 9.17) is 10.2 Å². The molecule has 216 valence electrons. The lowest BCUT2D eigenvalue weighted by Crippen LogP contribution is -2.62. The third-order valence-corrected chi connectivity index (χ3v) is 12.4. The summed E-state index contributed by atoms with van der Waals surface area (Å²) >= 11 is 0. The molecule has 0 spiro atoms. The minimum absolute atomic E-state index is 0.0311. The van der Waals surface area contributed by atoms with Crippen LogP contribution in [0.2, 0.25) is 0 Å². The molecule has 5 fully saturated rings. The maximum atomic E-state index is 12.9. The Morgan fingerprint density at radius 2 is 1.82 bits per heavy atom. The Morgan fingerprint density at radius 1 is 1.03 bits per heavy atom. The van der Waals surface area contributed by atoms with Crippen molar-refractivity contribution in [3.8, 4) is 0 Å². The lowest BCUT2D eigenvalue weighted by molar-refractivity contribution is -0.201. The predicted molar refractivity (Wildman–Crippen MR) is 150 cm³/mol. The Hall–Kier alpha value is -1.90. The van der Waals surface area contributed by atoms with Gasteiger partial charge >= 0.3 is 11.7 Å². The van der Waals surface area contributed by atoms with E-state index >= 15 is 0 Å². The number of rotatable bonds is 4. The Kier molecular flexibility index (Phi) is 7.12. The van der Waals surface area contributed by atoms with E-state index < -0.39 is 5.60 Å². The third kappa shape index (κ3) is 4.55. The van der Waals surface area contributed by atoms with Gasteiger partial charge in [-0.25, -0.2) is 9.59 Å². The topological polar surface area (TPSA) is 130 Å². The van der Waals surface area contributed by atoms with Gasteiger partial charge in [0.25, 0.3) is 0 Å². The van der Waals surface area contributed by atoms with E-state index in [0.29, 0.717) is 24.3 Å². The molecule has 8 nitrogen and oxygen atoms in total. The highest BCUT2D eigenvalue weighted by Gasteiger charge is 2.67. The summed E-state index contributed by atoms with van der Waals surface area (Å²) in [5, 5.41) is 22.4. The molecule has 10 atom stereocenters. The SMILES string of the molecule is C[C@@]12CC[C@@H](NC(=O)N[C@@H]3CCN[C@@H](CN)C3)C[C@H]1CC[C@@H]1[C@H]2CC[C@]2(C)[C@@H](c3ccc(=O)oc3)CC[C@@]12O. The molecule has 1 saturated heterocycles. The van der Waals surface area contributed by atoms with Crippen molar-refractivity contribution >= 4 is 6.03 Å². The van der Waals surface area contributed by atoms with Gasteiger partial charge in [-0.3, -0.25) is 0 Å². The monoisotopic (exact) mass is 540 g/mol. The number of carbonyl (C=O) groups is 1. The zero-order valence-electron chi connectivity index (χ0n) is 23.7. The van der Waals surface area contributed by atoms with Crippen LogP contribution in [0, 0.1) is 28.6 Å². The number of hydrogen-bond acceptors (Lipinski definition) is 6. The molecule has 0 radical (unpaired) electrons. The highest BCUT2D eigenvalue weighted by atomic mass is 16.4. The highest BCUT2D eigenvalue weighted by Crippen LogP contribution is 2.70. The van der Waals surface area contributed by atoms with Gasteiger partial charge in [0.15, 0.2) is 0 Å². The number of piperidine rings is 1. The van der Waals surface area contributed by atoms with Crippen LogP contribution in [0.15, 0.2) is 27.6 Å². The molecule has 6 N–H and O–H groups in total. The largest absolute Gasteiger partial charge is 0.431 e. The second kappa shape index (κ2) is 10.2. The summed E-state index contributed by atoms with van der Waals surface area (Å²) in [4.78, 5) is 24.4. The van der Waals surface area contributed by atoms with E-state index in [0.717, 1.165) is 82.7 Å². The van der Waals surface area contributed by atoms with Crippen molar-refractivity contribution in [3.63, 3.8) is 0 Å². The zero-order valence-corrected chi connectivity index (χ0v) is 23.7. The van der Waals surface area contributed by atoms with Gasteiger partial charge in [-0.05, 0) is 118 Å². The van der Waals surface area contributed by atoms with Crippen molar-refractivity contribution in [1.82, 2.24) is 16.0 Å². The molecule has 2 amide bonds. The lowest BCUT2D eigenvalue weighted by Gasteiger charge is -2.63. The third-order valence-electron chi connectivity index (χ3n) is 12.4. The highest BCUT2D eigenvalue weighted by molar-refractivity contribution is 5.74. The Labute approximate surface area is 232 Å². The average Bonchev–Trinajstić information content (AvgIpc) is 3.20. The number of nitrogens with two attached hydrogens (primary N) is 1. The van der Waals surface area contributed by atoms with Gasteiger partial charge in [0.1, 0.15) is 0 Å². The van der Waals surface area contributed by atoms with Crippen molar-refractivity contribution in [2.24, 2.45) is 34.3 Å². The molecule has 39 heavy (non-hydrogen) atoms.